The Balaban J connectivity index is 2.08. The highest BCUT2D eigenvalue weighted by Crippen LogP contribution is 2.36. The lowest BCUT2D eigenvalue weighted by Gasteiger charge is -2.32. The van der Waals surface area contributed by atoms with Crippen LogP contribution in [0.3, 0.4) is 0 Å². The first-order valence-corrected chi connectivity index (χ1v) is 6.52. The predicted molar refractivity (Wildman–Crippen MR) is 78.9 cm³/mol. The van der Waals surface area contributed by atoms with Crippen LogP contribution in [0, 0.1) is 0 Å². The van der Waals surface area contributed by atoms with Gasteiger partial charge in [0.25, 0.3) is 0 Å². The molecule has 2 rings (SSSR count). The monoisotopic (exact) mass is 260 g/mol. The smallest absolute Gasteiger partial charge is 0.400 e. The molecule has 19 heavy (non-hydrogen) atoms. The summed E-state index contributed by atoms with van der Waals surface area (Å²) in [4.78, 5) is 4.28. The van der Waals surface area contributed by atoms with Crippen molar-refractivity contribution in [2.75, 3.05) is 12.4 Å². The van der Waals surface area contributed by atoms with E-state index >= 15 is 0 Å². The van der Waals surface area contributed by atoms with Crippen LogP contribution in [0.25, 0.3) is 6.08 Å². The number of rotatable bonds is 3. The Hall–Kier alpha value is -1.33. The third kappa shape index (κ3) is 2.99. The van der Waals surface area contributed by atoms with Crippen LogP contribution in [0.1, 0.15) is 33.4 Å². The molecule has 1 saturated heterocycles. The molecule has 0 aromatic carbocycles. The normalized spacial score (nSPS) is 21.0. The third-order valence-electron chi connectivity index (χ3n) is 3.77. The van der Waals surface area contributed by atoms with Crippen LogP contribution in [0.2, 0.25) is 0 Å². The topological polar surface area (TPSA) is 43.4 Å². The molecule has 0 radical (unpaired) electrons. The second kappa shape index (κ2) is 4.98. The quantitative estimate of drug-likeness (QED) is 0.848. The van der Waals surface area contributed by atoms with Gasteiger partial charge in [0.05, 0.1) is 16.9 Å². The average molecular weight is 260 g/mol. The standard InChI is InChI=1S/C14H21BN2O2/c1-13(2)14(3,4)19-15(18-13)8-6-12-10-11(16-5)7-9-17-12/h6-10H,1-5H3,(H,16,17)/b8-6+. The van der Waals surface area contributed by atoms with Crippen LogP contribution in [-0.4, -0.2) is 30.4 Å². The lowest BCUT2D eigenvalue weighted by molar-refractivity contribution is 0.00578. The molecular weight excluding hydrogens is 239 g/mol. The van der Waals surface area contributed by atoms with Gasteiger partial charge in [-0.15, -0.1) is 0 Å². The molecule has 1 aromatic rings. The maximum atomic E-state index is 5.89. The van der Waals surface area contributed by atoms with Crippen LogP contribution in [0.15, 0.2) is 24.3 Å². The number of hydrogen-bond donors (Lipinski definition) is 1. The van der Waals surface area contributed by atoms with Gasteiger partial charge in [-0.3, -0.25) is 4.98 Å². The van der Waals surface area contributed by atoms with E-state index in [1.165, 1.54) is 0 Å². The van der Waals surface area contributed by atoms with Gasteiger partial charge in [-0.05, 0) is 45.9 Å². The van der Waals surface area contributed by atoms with Gasteiger partial charge in [-0.25, -0.2) is 0 Å². The second-order valence-corrected chi connectivity index (χ2v) is 5.70. The van der Waals surface area contributed by atoms with Crippen LogP contribution >= 0.6 is 0 Å². The fraction of sp³-hybridized carbons (Fsp3) is 0.500. The minimum Gasteiger partial charge on any atom is -0.400 e. The minimum absolute atomic E-state index is 0.303. The van der Waals surface area contributed by atoms with Crippen molar-refractivity contribution in [3.63, 3.8) is 0 Å². The molecule has 1 aliphatic rings. The summed E-state index contributed by atoms with van der Waals surface area (Å²) in [6.45, 7) is 8.17. The number of pyridine rings is 1. The molecule has 0 unspecified atom stereocenters. The predicted octanol–water partition coefficient (Wildman–Crippen LogP) is 2.77. The Morgan fingerprint density at radius 2 is 1.84 bits per heavy atom. The Morgan fingerprint density at radius 1 is 1.21 bits per heavy atom. The largest absolute Gasteiger partial charge is 0.487 e. The molecule has 102 valence electrons. The van der Waals surface area contributed by atoms with Gasteiger partial charge in [0.2, 0.25) is 0 Å². The Morgan fingerprint density at radius 3 is 2.42 bits per heavy atom. The first-order valence-electron chi connectivity index (χ1n) is 6.52. The van der Waals surface area contributed by atoms with Gasteiger partial charge in [0, 0.05) is 18.9 Å². The Labute approximate surface area is 115 Å². The van der Waals surface area contributed by atoms with Crippen LogP contribution in [-0.2, 0) is 9.31 Å². The maximum Gasteiger partial charge on any atom is 0.487 e. The molecule has 1 fully saturated rings. The van der Waals surface area contributed by atoms with E-state index in [-0.39, 0.29) is 18.3 Å². The summed E-state index contributed by atoms with van der Waals surface area (Å²) in [6, 6.07) is 3.90. The summed E-state index contributed by atoms with van der Waals surface area (Å²) in [5.74, 6) is 1.90. The van der Waals surface area contributed by atoms with Crippen molar-refractivity contribution in [3.8, 4) is 0 Å². The lowest BCUT2D eigenvalue weighted by atomic mass is 9.89. The molecule has 5 heteroatoms. The van der Waals surface area contributed by atoms with Gasteiger partial charge in [-0.1, -0.05) is 5.98 Å². The van der Waals surface area contributed by atoms with Gasteiger partial charge in [-0.2, -0.15) is 0 Å². The maximum absolute atomic E-state index is 5.89. The summed E-state index contributed by atoms with van der Waals surface area (Å²) in [6.07, 6.45) is 3.69. The first-order chi connectivity index (χ1) is 8.84. The van der Waals surface area contributed by atoms with Crippen molar-refractivity contribution >= 4 is 18.9 Å². The highest BCUT2D eigenvalue weighted by molar-refractivity contribution is 6.52. The van der Waals surface area contributed by atoms with E-state index in [2.05, 4.69) is 10.3 Å². The highest BCUT2D eigenvalue weighted by atomic mass is 16.7. The Kier molecular flexibility index (Phi) is 3.70. The molecule has 1 aromatic heterocycles. The van der Waals surface area contributed by atoms with Crippen LogP contribution in [0.4, 0.5) is 5.69 Å². The van der Waals surface area contributed by atoms with Crippen molar-refractivity contribution < 1.29 is 9.31 Å². The molecule has 0 spiro atoms. The van der Waals surface area contributed by atoms with E-state index in [1.54, 1.807) is 6.20 Å². The summed E-state index contributed by atoms with van der Waals surface area (Å²) in [5, 5.41) is 3.09. The van der Waals surface area contributed by atoms with E-state index in [1.807, 2.05) is 58.9 Å². The molecule has 2 heterocycles. The molecule has 0 aliphatic carbocycles. The zero-order chi connectivity index (χ0) is 14.1. The molecule has 0 amide bonds. The minimum atomic E-state index is -0.329. The summed E-state index contributed by atoms with van der Waals surface area (Å²) in [5.41, 5.74) is 1.30. The van der Waals surface area contributed by atoms with Gasteiger partial charge >= 0.3 is 7.12 Å². The average Bonchev–Trinajstić information content (AvgIpc) is 2.56. The van der Waals surface area contributed by atoms with Gasteiger partial charge in [0.15, 0.2) is 0 Å². The number of hydrogen-bond acceptors (Lipinski definition) is 4. The van der Waals surface area contributed by atoms with Gasteiger partial charge in [0.1, 0.15) is 0 Å². The molecule has 0 atom stereocenters. The summed E-state index contributed by atoms with van der Waals surface area (Å²) in [7, 11) is 1.56. The summed E-state index contributed by atoms with van der Waals surface area (Å²) < 4.78 is 11.8. The van der Waals surface area contributed by atoms with Crippen molar-refractivity contribution in [3.05, 3.63) is 30.0 Å². The Bertz CT molecular complexity index is 470. The van der Waals surface area contributed by atoms with Crippen molar-refractivity contribution in [1.82, 2.24) is 4.98 Å². The SMILES string of the molecule is CNc1ccnc(/C=C/B2OC(C)(C)C(C)(C)O2)c1. The number of nitrogens with one attached hydrogen (secondary N) is 1. The lowest BCUT2D eigenvalue weighted by Crippen LogP contribution is -2.41. The van der Waals surface area contributed by atoms with E-state index < -0.39 is 0 Å². The number of aromatic nitrogens is 1. The zero-order valence-electron chi connectivity index (χ0n) is 12.2. The van der Waals surface area contributed by atoms with Crippen LogP contribution in [0.5, 0.6) is 0 Å². The van der Waals surface area contributed by atoms with E-state index in [0.717, 1.165) is 11.4 Å². The van der Waals surface area contributed by atoms with Crippen LogP contribution < -0.4 is 5.32 Å². The molecule has 0 bridgehead atoms. The van der Waals surface area contributed by atoms with E-state index in [9.17, 15) is 0 Å². The first kappa shape index (κ1) is 14.1. The third-order valence-corrected chi connectivity index (χ3v) is 3.77. The van der Waals surface area contributed by atoms with E-state index in [0.29, 0.717) is 0 Å². The van der Waals surface area contributed by atoms with Crippen molar-refractivity contribution in [2.24, 2.45) is 0 Å². The molecule has 1 aliphatic heterocycles. The van der Waals surface area contributed by atoms with Gasteiger partial charge < -0.3 is 14.6 Å². The van der Waals surface area contributed by atoms with Crippen molar-refractivity contribution in [1.29, 1.82) is 0 Å². The second-order valence-electron chi connectivity index (χ2n) is 5.70. The van der Waals surface area contributed by atoms with Crippen molar-refractivity contribution in [2.45, 2.75) is 38.9 Å². The fourth-order valence-electron chi connectivity index (χ4n) is 1.84. The molecule has 0 saturated carbocycles. The van der Waals surface area contributed by atoms with E-state index in [4.69, 9.17) is 9.31 Å². The molecular formula is C14H21BN2O2. The number of anilines is 1. The zero-order valence-corrected chi connectivity index (χ0v) is 12.2. The fourth-order valence-corrected chi connectivity index (χ4v) is 1.84. The summed E-state index contributed by atoms with van der Waals surface area (Å²) >= 11 is 0. The molecule has 1 N–H and O–H groups in total. The number of nitrogens with zero attached hydrogens (tertiary/aromatic N) is 1. The highest BCUT2D eigenvalue weighted by Gasteiger charge is 2.49. The molecule has 4 nitrogen and oxygen atoms in total.